The third kappa shape index (κ3) is 2.23. The lowest BCUT2D eigenvalue weighted by Gasteiger charge is -2.03. The van der Waals surface area contributed by atoms with Gasteiger partial charge >= 0.3 is 0 Å². The van der Waals surface area contributed by atoms with Gasteiger partial charge in [0.2, 0.25) is 0 Å². The molecule has 0 radical (unpaired) electrons. The van der Waals surface area contributed by atoms with E-state index in [4.69, 9.17) is 0 Å². The molecule has 0 bridgehead atoms. The van der Waals surface area contributed by atoms with Crippen LogP contribution in [0.2, 0.25) is 0 Å². The second-order valence-electron chi connectivity index (χ2n) is 3.31. The first-order valence-electron chi connectivity index (χ1n) is 4.56. The molecule has 0 aliphatic heterocycles. The van der Waals surface area contributed by atoms with Gasteiger partial charge in [-0.05, 0) is 46.6 Å². The normalized spacial score (nSPS) is 10.3. The second-order valence-corrected chi connectivity index (χ2v) is 4.12. The van der Waals surface area contributed by atoms with Gasteiger partial charge in [0.1, 0.15) is 10.4 Å². The van der Waals surface area contributed by atoms with Crippen molar-refractivity contribution in [1.29, 1.82) is 0 Å². The molecule has 0 unspecified atom stereocenters. The number of benzene rings is 1. The summed E-state index contributed by atoms with van der Waals surface area (Å²) in [6.45, 7) is 1.74. The molecule has 1 aromatic carbocycles. The van der Waals surface area contributed by atoms with E-state index < -0.39 is 0 Å². The Hall–Kier alpha value is -1.22. The molecule has 0 aliphatic carbocycles. The number of hydrogen-bond acceptors (Lipinski definition) is 1. The van der Waals surface area contributed by atoms with Crippen molar-refractivity contribution in [2.75, 3.05) is 0 Å². The van der Waals surface area contributed by atoms with Crippen LogP contribution in [0.1, 0.15) is 5.56 Å². The predicted molar refractivity (Wildman–Crippen MR) is 62.1 cm³/mol. The Morgan fingerprint density at radius 1 is 1.20 bits per heavy atom. The van der Waals surface area contributed by atoms with Crippen molar-refractivity contribution in [1.82, 2.24) is 4.98 Å². The monoisotopic (exact) mass is 265 g/mol. The number of halogens is 2. The maximum atomic E-state index is 13.3. The van der Waals surface area contributed by atoms with Crippen molar-refractivity contribution in [2.24, 2.45) is 0 Å². The van der Waals surface area contributed by atoms with Crippen molar-refractivity contribution in [3.8, 4) is 11.3 Å². The number of pyridine rings is 1. The topological polar surface area (TPSA) is 12.9 Å². The third-order valence-electron chi connectivity index (χ3n) is 2.18. The highest BCUT2D eigenvalue weighted by Gasteiger charge is 2.03. The van der Waals surface area contributed by atoms with Gasteiger partial charge in [-0.1, -0.05) is 18.2 Å². The van der Waals surface area contributed by atoms with Gasteiger partial charge in [-0.25, -0.2) is 9.37 Å². The third-order valence-corrected chi connectivity index (χ3v) is 2.62. The van der Waals surface area contributed by atoms with E-state index in [-0.39, 0.29) is 5.82 Å². The van der Waals surface area contributed by atoms with Crippen LogP contribution >= 0.6 is 15.9 Å². The molecule has 0 saturated heterocycles. The molecule has 76 valence electrons. The van der Waals surface area contributed by atoms with Crippen LogP contribution < -0.4 is 0 Å². The van der Waals surface area contributed by atoms with Crippen LogP contribution in [-0.4, -0.2) is 4.98 Å². The molecule has 15 heavy (non-hydrogen) atoms. The summed E-state index contributed by atoms with van der Waals surface area (Å²) in [5, 5.41) is 0. The quantitative estimate of drug-likeness (QED) is 0.712. The Bertz CT molecular complexity index is 497. The lowest BCUT2D eigenvalue weighted by Crippen LogP contribution is -1.87. The Labute approximate surface area is 96.1 Å². The Kier molecular flexibility index (Phi) is 2.82. The number of rotatable bonds is 1. The summed E-state index contributed by atoms with van der Waals surface area (Å²) < 4.78 is 14.1. The minimum absolute atomic E-state index is 0.200. The molecule has 0 spiro atoms. The molecule has 1 aromatic heterocycles. The molecule has 2 rings (SSSR count). The number of hydrogen-bond donors (Lipinski definition) is 0. The zero-order valence-electron chi connectivity index (χ0n) is 8.17. The van der Waals surface area contributed by atoms with Crippen LogP contribution in [0.25, 0.3) is 11.3 Å². The van der Waals surface area contributed by atoms with Crippen molar-refractivity contribution >= 4 is 15.9 Å². The van der Waals surface area contributed by atoms with Gasteiger partial charge in [-0.15, -0.1) is 0 Å². The van der Waals surface area contributed by atoms with E-state index in [1.807, 2.05) is 24.3 Å². The van der Waals surface area contributed by atoms with Crippen LogP contribution in [0.4, 0.5) is 4.39 Å². The molecule has 0 amide bonds. The zero-order valence-corrected chi connectivity index (χ0v) is 9.75. The summed E-state index contributed by atoms with van der Waals surface area (Å²) in [6, 6.07) is 10.7. The standard InChI is InChI=1S/C12H9BrFN/c1-8-5-6-9(7-10(8)14)11-3-2-4-12(13)15-11/h2-7H,1H3. The summed E-state index contributed by atoms with van der Waals surface area (Å²) >= 11 is 3.29. The highest BCUT2D eigenvalue weighted by molar-refractivity contribution is 9.10. The summed E-state index contributed by atoms with van der Waals surface area (Å²) in [6.07, 6.45) is 0. The molecular weight excluding hydrogens is 257 g/mol. The van der Waals surface area contributed by atoms with E-state index >= 15 is 0 Å². The summed E-state index contributed by atoms with van der Waals surface area (Å²) in [5.74, 6) is -0.200. The van der Waals surface area contributed by atoms with E-state index in [1.165, 1.54) is 6.07 Å². The lowest BCUT2D eigenvalue weighted by atomic mass is 10.1. The smallest absolute Gasteiger partial charge is 0.126 e. The number of aryl methyl sites for hydroxylation is 1. The van der Waals surface area contributed by atoms with E-state index in [0.717, 1.165) is 15.9 Å². The average Bonchev–Trinajstić information content (AvgIpc) is 2.22. The van der Waals surface area contributed by atoms with Gasteiger partial charge < -0.3 is 0 Å². The summed E-state index contributed by atoms with van der Waals surface area (Å²) in [4.78, 5) is 4.26. The molecule has 2 aromatic rings. The van der Waals surface area contributed by atoms with E-state index in [1.54, 1.807) is 13.0 Å². The number of nitrogens with zero attached hydrogens (tertiary/aromatic N) is 1. The fraction of sp³-hybridized carbons (Fsp3) is 0.0833. The average molecular weight is 266 g/mol. The van der Waals surface area contributed by atoms with Crippen LogP contribution in [0.5, 0.6) is 0 Å². The molecular formula is C12H9BrFN. The summed E-state index contributed by atoms with van der Waals surface area (Å²) in [5.41, 5.74) is 2.21. The zero-order chi connectivity index (χ0) is 10.8. The van der Waals surface area contributed by atoms with Crippen molar-refractivity contribution in [3.63, 3.8) is 0 Å². The molecule has 0 N–H and O–H groups in total. The van der Waals surface area contributed by atoms with Gasteiger partial charge in [0, 0.05) is 5.56 Å². The highest BCUT2D eigenvalue weighted by atomic mass is 79.9. The first-order valence-corrected chi connectivity index (χ1v) is 5.35. The van der Waals surface area contributed by atoms with Crippen LogP contribution in [0.3, 0.4) is 0 Å². The SMILES string of the molecule is Cc1ccc(-c2cccc(Br)n2)cc1F. The second kappa shape index (κ2) is 4.11. The largest absolute Gasteiger partial charge is 0.241 e. The molecule has 3 heteroatoms. The predicted octanol–water partition coefficient (Wildman–Crippen LogP) is 3.96. The van der Waals surface area contributed by atoms with Crippen LogP contribution in [0, 0.1) is 12.7 Å². The first kappa shape index (κ1) is 10.3. The summed E-state index contributed by atoms with van der Waals surface area (Å²) in [7, 11) is 0. The lowest BCUT2D eigenvalue weighted by molar-refractivity contribution is 0.619. The fourth-order valence-electron chi connectivity index (χ4n) is 1.32. The van der Waals surface area contributed by atoms with Crippen LogP contribution in [-0.2, 0) is 0 Å². The minimum Gasteiger partial charge on any atom is -0.241 e. The van der Waals surface area contributed by atoms with Gasteiger partial charge in [0.25, 0.3) is 0 Å². The Morgan fingerprint density at radius 3 is 2.67 bits per heavy atom. The Balaban J connectivity index is 2.50. The fourth-order valence-corrected chi connectivity index (χ4v) is 1.66. The van der Waals surface area contributed by atoms with Crippen molar-refractivity contribution in [2.45, 2.75) is 6.92 Å². The molecule has 0 saturated carbocycles. The first-order chi connectivity index (χ1) is 7.16. The van der Waals surface area contributed by atoms with Crippen molar-refractivity contribution < 1.29 is 4.39 Å². The molecule has 0 aliphatic rings. The minimum atomic E-state index is -0.200. The molecule has 1 nitrogen and oxygen atoms in total. The molecule has 0 atom stereocenters. The maximum Gasteiger partial charge on any atom is 0.126 e. The van der Waals surface area contributed by atoms with Crippen LogP contribution in [0.15, 0.2) is 41.0 Å². The molecule has 0 fully saturated rings. The van der Waals surface area contributed by atoms with Gasteiger partial charge in [0.05, 0.1) is 5.69 Å². The van der Waals surface area contributed by atoms with E-state index in [0.29, 0.717) is 5.56 Å². The van der Waals surface area contributed by atoms with Crippen molar-refractivity contribution in [3.05, 3.63) is 52.4 Å². The van der Waals surface area contributed by atoms with E-state index in [2.05, 4.69) is 20.9 Å². The van der Waals surface area contributed by atoms with Gasteiger partial charge in [0.15, 0.2) is 0 Å². The Morgan fingerprint density at radius 2 is 2.00 bits per heavy atom. The number of aromatic nitrogens is 1. The van der Waals surface area contributed by atoms with Gasteiger partial charge in [-0.3, -0.25) is 0 Å². The van der Waals surface area contributed by atoms with E-state index in [9.17, 15) is 4.39 Å². The van der Waals surface area contributed by atoms with Gasteiger partial charge in [-0.2, -0.15) is 0 Å². The highest BCUT2D eigenvalue weighted by Crippen LogP contribution is 2.21. The maximum absolute atomic E-state index is 13.3. The molecule has 1 heterocycles.